The molecule has 3 N–H and O–H groups in total. The summed E-state index contributed by atoms with van der Waals surface area (Å²) in [5.74, 6) is 0.701. The summed E-state index contributed by atoms with van der Waals surface area (Å²) >= 11 is 0. The van der Waals surface area contributed by atoms with Crippen molar-refractivity contribution in [2.75, 3.05) is 6.54 Å². The summed E-state index contributed by atoms with van der Waals surface area (Å²) < 4.78 is 5.39. The van der Waals surface area contributed by atoms with Gasteiger partial charge in [-0.2, -0.15) is 4.98 Å². The number of nitrogens with one attached hydrogen (secondary N) is 1. The number of urea groups is 1. The van der Waals surface area contributed by atoms with Crippen LogP contribution in [0.5, 0.6) is 0 Å². The van der Waals surface area contributed by atoms with Crippen LogP contribution in [0.1, 0.15) is 37.1 Å². The number of benzene rings is 1. The average molecular weight is 341 g/mol. The van der Waals surface area contributed by atoms with Crippen LogP contribution >= 0.6 is 0 Å². The molecule has 0 radical (unpaired) electrons. The minimum Gasteiger partial charge on any atom is -0.334 e. The molecule has 2 fully saturated rings. The topological polar surface area (TPSA) is 114 Å². The van der Waals surface area contributed by atoms with Gasteiger partial charge in [-0.15, -0.1) is 0 Å². The molecule has 0 bridgehead atoms. The van der Waals surface area contributed by atoms with E-state index in [1.54, 1.807) is 0 Å². The van der Waals surface area contributed by atoms with E-state index in [0.29, 0.717) is 11.7 Å². The quantitative estimate of drug-likeness (QED) is 0.815. The number of carbonyl (C=O) groups is 2. The van der Waals surface area contributed by atoms with E-state index in [4.69, 9.17) is 10.3 Å². The highest BCUT2D eigenvalue weighted by Crippen LogP contribution is 2.35. The molecule has 2 heterocycles. The van der Waals surface area contributed by atoms with Crippen LogP contribution in [0.4, 0.5) is 4.79 Å². The third-order valence-corrected chi connectivity index (χ3v) is 4.82. The average Bonchev–Trinajstić information content (AvgIpc) is 3.33. The Morgan fingerprint density at radius 1 is 1.28 bits per heavy atom. The van der Waals surface area contributed by atoms with Crippen molar-refractivity contribution >= 4 is 11.9 Å². The first kappa shape index (κ1) is 15.8. The maximum absolute atomic E-state index is 11.7. The van der Waals surface area contributed by atoms with E-state index in [-0.39, 0.29) is 25.0 Å². The molecule has 1 aromatic heterocycles. The van der Waals surface area contributed by atoms with E-state index in [2.05, 4.69) is 15.5 Å². The van der Waals surface area contributed by atoms with Crippen LogP contribution in [0.2, 0.25) is 0 Å². The molecule has 0 atom stereocenters. The maximum atomic E-state index is 11.7. The number of hydrogen-bond acceptors (Lipinski definition) is 6. The Bertz CT molecular complexity index is 809. The van der Waals surface area contributed by atoms with Gasteiger partial charge < -0.3 is 15.6 Å². The van der Waals surface area contributed by atoms with Gasteiger partial charge in [-0.1, -0.05) is 30.1 Å². The fraction of sp³-hybridized carbons (Fsp3) is 0.412. The van der Waals surface area contributed by atoms with E-state index in [1.165, 1.54) is 4.90 Å². The minimum absolute atomic E-state index is 0.0458. The van der Waals surface area contributed by atoms with Crippen LogP contribution in [0.25, 0.3) is 11.5 Å². The molecule has 2 aromatic rings. The molecule has 25 heavy (non-hydrogen) atoms. The molecule has 1 saturated heterocycles. The molecule has 0 spiro atoms. The standard InChI is InChI=1S/C17H19N5O3/c18-17(6-1-2-7-17)15-20-14(25-21-15)12-5-3-4-11(8-12)10-22-13(23)9-19-16(22)24/h3-5,8H,1-2,6-7,9-10,18H2,(H,19,24). The van der Waals surface area contributed by atoms with E-state index >= 15 is 0 Å². The Morgan fingerprint density at radius 3 is 2.80 bits per heavy atom. The number of nitrogens with zero attached hydrogens (tertiary/aromatic N) is 3. The van der Waals surface area contributed by atoms with Gasteiger partial charge in [0, 0.05) is 5.56 Å². The highest BCUT2D eigenvalue weighted by Gasteiger charge is 2.36. The molecule has 8 nitrogen and oxygen atoms in total. The molecule has 1 saturated carbocycles. The van der Waals surface area contributed by atoms with Crippen LogP contribution < -0.4 is 11.1 Å². The van der Waals surface area contributed by atoms with E-state index in [0.717, 1.165) is 36.8 Å². The zero-order valence-electron chi connectivity index (χ0n) is 13.7. The SMILES string of the molecule is NC1(c2noc(-c3cccc(CN4C(=O)CNC4=O)c3)n2)CCCC1. The number of amides is 3. The van der Waals surface area contributed by atoms with Gasteiger partial charge in [0.15, 0.2) is 5.82 Å². The monoisotopic (exact) mass is 341 g/mol. The second-order valence-corrected chi connectivity index (χ2v) is 6.63. The molecule has 4 rings (SSSR count). The van der Waals surface area contributed by atoms with Crippen LogP contribution in [0, 0.1) is 0 Å². The summed E-state index contributed by atoms with van der Waals surface area (Å²) in [5.41, 5.74) is 7.42. The zero-order chi connectivity index (χ0) is 17.4. The molecule has 1 aliphatic heterocycles. The minimum atomic E-state index is -0.501. The van der Waals surface area contributed by atoms with Crippen molar-refractivity contribution in [3.05, 3.63) is 35.7 Å². The first-order valence-corrected chi connectivity index (χ1v) is 8.36. The lowest BCUT2D eigenvalue weighted by Crippen LogP contribution is -2.34. The number of imide groups is 1. The van der Waals surface area contributed by atoms with Gasteiger partial charge in [-0.05, 0) is 30.5 Å². The molecule has 3 amide bonds. The van der Waals surface area contributed by atoms with Gasteiger partial charge in [-0.25, -0.2) is 4.79 Å². The van der Waals surface area contributed by atoms with Crippen molar-refractivity contribution in [1.29, 1.82) is 0 Å². The Kier molecular flexibility index (Phi) is 3.76. The van der Waals surface area contributed by atoms with Crippen molar-refractivity contribution < 1.29 is 14.1 Å². The molecule has 8 heteroatoms. The van der Waals surface area contributed by atoms with E-state index in [9.17, 15) is 9.59 Å². The smallest absolute Gasteiger partial charge is 0.324 e. The molecule has 130 valence electrons. The molecular weight excluding hydrogens is 322 g/mol. The lowest BCUT2D eigenvalue weighted by Gasteiger charge is -2.17. The molecule has 2 aliphatic rings. The zero-order valence-corrected chi connectivity index (χ0v) is 13.7. The molecule has 1 aromatic carbocycles. The van der Waals surface area contributed by atoms with Crippen LogP contribution in [-0.2, 0) is 16.9 Å². The summed E-state index contributed by atoms with van der Waals surface area (Å²) in [6.45, 7) is 0.254. The first-order valence-electron chi connectivity index (χ1n) is 8.36. The van der Waals surface area contributed by atoms with Crippen molar-refractivity contribution in [2.45, 2.75) is 37.8 Å². The van der Waals surface area contributed by atoms with Gasteiger partial charge in [-0.3, -0.25) is 9.69 Å². The van der Waals surface area contributed by atoms with Gasteiger partial charge in [0.1, 0.15) is 0 Å². The molecular formula is C17H19N5O3. The van der Waals surface area contributed by atoms with Crippen LogP contribution in [-0.4, -0.2) is 33.5 Å². The Labute approximate surface area is 144 Å². The third kappa shape index (κ3) is 2.89. The Balaban J connectivity index is 1.56. The predicted molar refractivity (Wildman–Crippen MR) is 88.0 cm³/mol. The van der Waals surface area contributed by atoms with Crippen molar-refractivity contribution in [1.82, 2.24) is 20.4 Å². The van der Waals surface area contributed by atoms with Crippen molar-refractivity contribution in [3.8, 4) is 11.5 Å². The number of hydrogen-bond donors (Lipinski definition) is 2. The summed E-state index contributed by atoms with van der Waals surface area (Å²) in [6.07, 6.45) is 3.86. The van der Waals surface area contributed by atoms with Crippen LogP contribution in [0.15, 0.2) is 28.8 Å². The highest BCUT2D eigenvalue weighted by atomic mass is 16.5. The second-order valence-electron chi connectivity index (χ2n) is 6.63. The number of rotatable bonds is 4. The van der Waals surface area contributed by atoms with Crippen LogP contribution in [0.3, 0.4) is 0 Å². The first-order chi connectivity index (χ1) is 12.0. The van der Waals surface area contributed by atoms with E-state index < -0.39 is 5.54 Å². The Hall–Kier alpha value is -2.74. The second kappa shape index (κ2) is 5.96. The summed E-state index contributed by atoms with van der Waals surface area (Å²) in [7, 11) is 0. The van der Waals surface area contributed by atoms with Gasteiger partial charge in [0.25, 0.3) is 5.89 Å². The fourth-order valence-corrected chi connectivity index (χ4v) is 3.37. The summed E-state index contributed by atoms with van der Waals surface area (Å²) in [5, 5.41) is 6.57. The Morgan fingerprint density at radius 2 is 2.08 bits per heavy atom. The van der Waals surface area contributed by atoms with Gasteiger partial charge in [0.2, 0.25) is 5.91 Å². The third-order valence-electron chi connectivity index (χ3n) is 4.82. The summed E-state index contributed by atoms with van der Waals surface area (Å²) in [4.78, 5) is 29.0. The largest absolute Gasteiger partial charge is 0.334 e. The lowest BCUT2D eigenvalue weighted by molar-refractivity contribution is -0.125. The highest BCUT2D eigenvalue weighted by molar-refractivity contribution is 6.01. The fourth-order valence-electron chi connectivity index (χ4n) is 3.37. The summed E-state index contributed by atoms with van der Waals surface area (Å²) in [6, 6.07) is 7.00. The molecule has 1 aliphatic carbocycles. The maximum Gasteiger partial charge on any atom is 0.324 e. The van der Waals surface area contributed by atoms with Gasteiger partial charge >= 0.3 is 6.03 Å². The normalized spacial score (nSPS) is 19.5. The van der Waals surface area contributed by atoms with Crippen molar-refractivity contribution in [3.63, 3.8) is 0 Å². The number of nitrogens with two attached hydrogens (primary N) is 1. The number of aromatic nitrogens is 2. The van der Waals surface area contributed by atoms with Crippen molar-refractivity contribution in [2.24, 2.45) is 5.73 Å². The predicted octanol–water partition coefficient (Wildman–Crippen LogP) is 1.52. The lowest BCUT2D eigenvalue weighted by atomic mass is 9.98. The van der Waals surface area contributed by atoms with Gasteiger partial charge in [0.05, 0.1) is 18.6 Å². The molecule has 0 unspecified atom stereocenters. The number of carbonyl (C=O) groups excluding carboxylic acids is 2. The van der Waals surface area contributed by atoms with E-state index in [1.807, 2.05) is 24.3 Å².